The van der Waals surface area contributed by atoms with Gasteiger partial charge in [-0.3, -0.25) is 0 Å². The van der Waals surface area contributed by atoms with Crippen LogP contribution in [0.4, 0.5) is 22.2 Å². The van der Waals surface area contributed by atoms with Crippen LogP contribution in [-0.4, -0.2) is 42.2 Å². The van der Waals surface area contributed by atoms with E-state index in [0.717, 1.165) is 67.5 Å². The number of benzene rings is 2. The van der Waals surface area contributed by atoms with Crippen molar-refractivity contribution in [2.24, 2.45) is 0 Å². The molecule has 0 atom stereocenters. The zero-order valence-electron chi connectivity index (χ0n) is 21.7. The molecule has 3 aromatic rings. The average Bonchev–Trinajstić information content (AvgIpc) is 2.91. The average molecular weight is 501 g/mol. The number of nitrogens with one attached hydrogen (secondary N) is 3. The molecular weight excluding hydrogens is 464 g/mol. The van der Waals surface area contributed by atoms with E-state index in [-0.39, 0.29) is 12.1 Å². The van der Waals surface area contributed by atoms with E-state index in [2.05, 4.69) is 34.9 Å². The lowest BCUT2D eigenvalue weighted by Crippen LogP contribution is -2.42. The van der Waals surface area contributed by atoms with Gasteiger partial charge in [0.25, 0.3) is 0 Å². The first kappa shape index (κ1) is 24.9. The Morgan fingerprint density at radius 1 is 0.865 bits per heavy atom. The van der Waals surface area contributed by atoms with Crippen molar-refractivity contribution in [3.63, 3.8) is 0 Å². The molecule has 0 bridgehead atoms. The third-order valence-electron chi connectivity index (χ3n) is 7.07. The largest absolute Gasteiger partial charge is 0.457 e. The van der Waals surface area contributed by atoms with Gasteiger partial charge in [0.2, 0.25) is 5.95 Å². The Hall–Kier alpha value is -3.81. The van der Waals surface area contributed by atoms with E-state index in [1.165, 1.54) is 24.1 Å². The van der Waals surface area contributed by atoms with Crippen molar-refractivity contribution in [3.8, 4) is 11.5 Å². The van der Waals surface area contributed by atoms with Crippen LogP contribution in [0.5, 0.6) is 11.5 Å². The smallest absolute Gasteiger partial charge is 0.319 e. The zero-order valence-corrected chi connectivity index (χ0v) is 21.7. The molecule has 0 unspecified atom stereocenters. The Bertz CT molecular complexity index is 1190. The maximum atomic E-state index is 12.6. The highest BCUT2D eigenvalue weighted by Crippen LogP contribution is 2.29. The molecule has 0 radical (unpaired) electrons. The van der Waals surface area contributed by atoms with E-state index >= 15 is 0 Å². The lowest BCUT2D eigenvalue weighted by molar-refractivity contribution is 0.243. The Labute approximate surface area is 218 Å². The van der Waals surface area contributed by atoms with Crippen LogP contribution >= 0.6 is 0 Å². The van der Waals surface area contributed by atoms with Gasteiger partial charge in [-0.25, -0.2) is 9.78 Å². The van der Waals surface area contributed by atoms with Gasteiger partial charge in [0.05, 0.1) is 5.69 Å². The summed E-state index contributed by atoms with van der Waals surface area (Å²) in [4.78, 5) is 24.4. The molecule has 2 aromatic carbocycles. The molecule has 3 N–H and O–H groups in total. The Morgan fingerprint density at radius 3 is 2.27 bits per heavy atom. The first-order chi connectivity index (χ1) is 18.0. The number of aromatic nitrogens is 2. The van der Waals surface area contributed by atoms with Crippen molar-refractivity contribution in [2.75, 3.05) is 29.6 Å². The summed E-state index contributed by atoms with van der Waals surface area (Å²) < 4.78 is 5.81. The number of para-hydroxylation sites is 1. The second-order valence-electron chi connectivity index (χ2n) is 10.1. The van der Waals surface area contributed by atoms with E-state index in [9.17, 15) is 4.79 Å². The molecule has 8 nitrogen and oxygen atoms in total. The van der Waals surface area contributed by atoms with Gasteiger partial charge in [-0.1, -0.05) is 18.2 Å². The SMILES string of the molecule is CN(C)c1nc(NC2CCC(NC(=O)Nc3ccc(Oc4ccccc4)cc3)CC2)nc2c1CCCC2. The molecule has 0 saturated heterocycles. The summed E-state index contributed by atoms with van der Waals surface area (Å²) in [7, 11) is 4.10. The number of urea groups is 1. The van der Waals surface area contributed by atoms with Gasteiger partial charge in [0.15, 0.2) is 0 Å². The number of amides is 2. The second-order valence-corrected chi connectivity index (χ2v) is 10.1. The molecule has 5 rings (SSSR count). The first-order valence-corrected chi connectivity index (χ1v) is 13.3. The predicted octanol–water partition coefficient (Wildman–Crippen LogP) is 5.76. The van der Waals surface area contributed by atoms with E-state index in [4.69, 9.17) is 14.7 Å². The molecule has 1 heterocycles. The fourth-order valence-corrected chi connectivity index (χ4v) is 5.16. The number of ether oxygens (including phenoxy) is 1. The minimum absolute atomic E-state index is 0.153. The van der Waals surface area contributed by atoms with Crippen LogP contribution in [0.2, 0.25) is 0 Å². The molecular formula is C29H36N6O2. The van der Waals surface area contributed by atoms with Crippen LogP contribution in [0.3, 0.4) is 0 Å². The number of hydrogen-bond donors (Lipinski definition) is 3. The van der Waals surface area contributed by atoms with E-state index in [1.807, 2.05) is 54.6 Å². The van der Waals surface area contributed by atoms with Crippen LogP contribution in [-0.2, 0) is 12.8 Å². The van der Waals surface area contributed by atoms with Crippen LogP contribution < -0.4 is 25.6 Å². The van der Waals surface area contributed by atoms with Gasteiger partial charge < -0.3 is 25.6 Å². The summed E-state index contributed by atoms with van der Waals surface area (Å²) in [6, 6.07) is 17.3. The van der Waals surface area contributed by atoms with Crippen molar-refractivity contribution >= 4 is 23.5 Å². The van der Waals surface area contributed by atoms with Gasteiger partial charge in [-0.05, 0) is 87.8 Å². The Morgan fingerprint density at radius 2 is 1.54 bits per heavy atom. The van der Waals surface area contributed by atoms with Gasteiger partial charge in [-0.15, -0.1) is 0 Å². The van der Waals surface area contributed by atoms with Crippen molar-refractivity contribution in [3.05, 3.63) is 65.9 Å². The topological polar surface area (TPSA) is 91.4 Å². The molecule has 0 spiro atoms. The minimum atomic E-state index is -0.179. The predicted molar refractivity (Wildman–Crippen MR) is 148 cm³/mol. The van der Waals surface area contributed by atoms with Crippen LogP contribution in [0.1, 0.15) is 49.8 Å². The number of nitrogens with zero attached hydrogens (tertiary/aromatic N) is 3. The summed E-state index contributed by atoms with van der Waals surface area (Å²) in [6.45, 7) is 0. The molecule has 194 valence electrons. The summed E-state index contributed by atoms with van der Waals surface area (Å²) in [6.07, 6.45) is 8.27. The highest BCUT2D eigenvalue weighted by molar-refractivity contribution is 5.89. The Balaban J connectivity index is 1.09. The maximum absolute atomic E-state index is 12.6. The summed E-state index contributed by atoms with van der Waals surface area (Å²) in [5, 5.41) is 9.63. The fraction of sp³-hybridized carbons (Fsp3) is 0.414. The number of carbonyl (C=O) groups is 1. The first-order valence-electron chi connectivity index (χ1n) is 13.3. The fourth-order valence-electron chi connectivity index (χ4n) is 5.16. The quantitative estimate of drug-likeness (QED) is 0.382. The highest BCUT2D eigenvalue weighted by Gasteiger charge is 2.25. The number of aryl methyl sites for hydroxylation is 1. The third-order valence-corrected chi connectivity index (χ3v) is 7.07. The molecule has 1 saturated carbocycles. The molecule has 1 fully saturated rings. The third kappa shape index (κ3) is 6.50. The van der Waals surface area contributed by atoms with Crippen LogP contribution in [0.15, 0.2) is 54.6 Å². The van der Waals surface area contributed by atoms with E-state index < -0.39 is 0 Å². The van der Waals surface area contributed by atoms with E-state index in [1.54, 1.807) is 0 Å². The monoisotopic (exact) mass is 500 g/mol. The second kappa shape index (κ2) is 11.5. The molecule has 2 amide bonds. The number of hydrogen-bond acceptors (Lipinski definition) is 6. The lowest BCUT2D eigenvalue weighted by Gasteiger charge is -2.30. The van der Waals surface area contributed by atoms with E-state index in [0.29, 0.717) is 6.04 Å². The number of anilines is 3. The normalized spacial score (nSPS) is 18.9. The molecule has 8 heteroatoms. The van der Waals surface area contributed by atoms with Crippen LogP contribution in [0.25, 0.3) is 0 Å². The molecule has 1 aromatic heterocycles. The lowest BCUT2D eigenvalue weighted by atomic mass is 9.91. The number of rotatable bonds is 7. The van der Waals surface area contributed by atoms with Gasteiger partial charge in [0.1, 0.15) is 17.3 Å². The number of carbonyl (C=O) groups excluding carboxylic acids is 1. The van der Waals surface area contributed by atoms with Gasteiger partial charge in [-0.2, -0.15) is 4.98 Å². The molecule has 0 aliphatic heterocycles. The van der Waals surface area contributed by atoms with Gasteiger partial charge >= 0.3 is 6.03 Å². The highest BCUT2D eigenvalue weighted by atomic mass is 16.5. The summed E-state index contributed by atoms with van der Waals surface area (Å²) >= 11 is 0. The zero-order chi connectivity index (χ0) is 25.6. The van der Waals surface area contributed by atoms with Crippen LogP contribution in [0, 0.1) is 0 Å². The van der Waals surface area contributed by atoms with Crippen molar-refractivity contribution in [1.29, 1.82) is 0 Å². The van der Waals surface area contributed by atoms with Crippen molar-refractivity contribution < 1.29 is 9.53 Å². The molecule has 37 heavy (non-hydrogen) atoms. The van der Waals surface area contributed by atoms with Gasteiger partial charge in [0, 0.05) is 37.4 Å². The molecule has 2 aliphatic carbocycles. The van der Waals surface area contributed by atoms with Crippen molar-refractivity contribution in [2.45, 2.75) is 63.5 Å². The van der Waals surface area contributed by atoms with Crippen molar-refractivity contribution in [1.82, 2.24) is 15.3 Å². The summed E-state index contributed by atoms with van der Waals surface area (Å²) in [5.74, 6) is 3.28. The maximum Gasteiger partial charge on any atom is 0.319 e. The molecule has 2 aliphatic rings. The summed E-state index contributed by atoms with van der Waals surface area (Å²) in [5.41, 5.74) is 3.23. The number of fused-ring (bicyclic) bond motifs is 1. The Kier molecular flexibility index (Phi) is 7.73. The standard InChI is InChI=1S/C29H36N6O2/c1-35(2)27-25-10-6-7-11-26(25)33-28(34-27)30-20-12-14-21(15-13-20)31-29(36)32-22-16-18-24(19-17-22)37-23-8-4-3-5-9-23/h3-5,8-9,16-21H,6-7,10-15H2,1-2H3,(H,30,33,34)(H2,31,32,36). The minimum Gasteiger partial charge on any atom is -0.457 e.